The predicted molar refractivity (Wildman–Crippen MR) is 194 cm³/mol. The number of aliphatic imine (C=N–C) groups is 2. The summed E-state index contributed by atoms with van der Waals surface area (Å²) in [6, 6.07) is 29.9. The van der Waals surface area contributed by atoms with E-state index in [-0.39, 0.29) is 5.91 Å². The van der Waals surface area contributed by atoms with Gasteiger partial charge in [0.25, 0.3) is 5.91 Å². The van der Waals surface area contributed by atoms with Crippen molar-refractivity contribution in [2.75, 3.05) is 17.2 Å². The minimum atomic E-state index is -1.04. The topological polar surface area (TPSA) is 136 Å². The Labute approximate surface area is 292 Å². The molecule has 4 aromatic rings. The van der Waals surface area contributed by atoms with Crippen molar-refractivity contribution in [1.29, 1.82) is 0 Å². The summed E-state index contributed by atoms with van der Waals surface area (Å²) < 4.78 is 11.6. The highest BCUT2D eigenvalue weighted by molar-refractivity contribution is 5.96. The van der Waals surface area contributed by atoms with Crippen molar-refractivity contribution in [3.8, 4) is 0 Å². The molecule has 0 aliphatic rings. The number of ether oxygens (including phenoxy) is 2. The molecule has 0 spiro atoms. The van der Waals surface area contributed by atoms with Crippen LogP contribution in [0.2, 0.25) is 0 Å². The molecule has 0 aromatic heterocycles. The molecule has 4 rings (SSSR count). The second-order valence-corrected chi connectivity index (χ2v) is 13.0. The van der Waals surface area contributed by atoms with Crippen molar-refractivity contribution < 1.29 is 28.7 Å². The molecule has 0 heterocycles. The highest BCUT2D eigenvalue weighted by Gasteiger charge is 2.29. The van der Waals surface area contributed by atoms with Crippen molar-refractivity contribution in [3.63, 3.8) is 0 Å². The molecule has 258 valence electrons. The summed E-state index contributed by atoms with van der Waals surface area (Å²) in [4.78, 5) is 53.6. The average molecular weight is 675 g/mol. The van der Waals surface area contributed by atoms with Crippen molar-refractivity contribution in [1.82, 2.24) is 0 Å². The molecule has 0 saturated heterocycles. The minimum absolute atomic E-state index is 0.245. The number of nitrogens with zero attached hydrogens (tertiary/aromatic N) is 2. The van der Waals surface area contributed by atoms with E-state index >= 15 is 0 Å². The van der Waals surface area contributed by atoms with Gasteiger partial charge in [-0.25, -0.2) is 14.4 Å². The Kier molecular flexibility index (Phi) is 13.1. The van der Waals surface area contributed by atoms with Crippen LogP contribution in [0, 0.1) is 0 Å². The van der Waals surface area contributed by atoms with Crippen LogP contribution in [-0.4, -0.2) is 42.0 Å². The standard InChI is InChI=1S/C40H42N4O6/c1-39(2,50-38(48)44-36-21-13-32(14-22-36)26-30-9-17-34(18-10-30)42-28-46)23-5-6-24-49-40(3,4)37(47)43-35-19-11-31(12-20-35)25-29-7-15-33(16-8-29)41-27-45/h7-22H,5-6,23-26H2,1-4H3,(H,43,47)(H,44,48). The Morgan fingerprint density at radius 3 is 1.48 bits per heavy atom. The molecule has 10 nitrogen and oxygen atoms in total. The summed E-state index contributed by atoms with van der Waals surface area (Å²) in [6.45, 7) is 7.59. The van der Waals surface area contributed by atoms with Crippen LogP contribution in [-0.2, 0) is 36.7 Å². The summed E-state index contributed by atoms with van der Waals surface area (Å²) in [5.41, 5.74) is 4.98. The third-order valence-electron chi connectivity index (χ3n) is 8.00. The molecular formula is C40H42N4O6. The van der Waals surface area contributed by atoms with Gasteiger partial charge in [0, 0.05) is 18.0 Å². The van der Waals surface area contributed by atoms with E-state index in [0.717, 1.165) is 28.7 Å². The Balaban J connectivity index is 1.14. The molecule has 0 unspecified atom stereocenters. The maximum Gasteiger partial charge on any atom is 0.412 e. The zero-order valence-corrected chi connectivity index (χ0v) is 28.8. The van der Waals surface area contributed by atoms with Gasteiger partial charge in [-0.15, -0.1) is 0 Å². The van der Waals surface area contributed by atoms with E-state index in [9.17, 15) is 19.2 Å². The van der Waals surface area contributed by atoms with Crippen molar-refractivity contribution in [3.05, 3.63) is 119 Å². The molecule has 10 heteroatoms. The first-order valence-corrected chi connectivity index (χ1v) is 16.4. The lowest BCUT2D eigenvalue weighted by molar-refractivity contribution is -0.137. The van der Waals surface area contributed by atoms with Crippen LogP contribution in [0.1, 0.15) is 69.2 Å². The number of hydrogen-bond donors (Lipinski definition) is 2. The van der Waals surface area contributed by atoms with Gasteiger partial charge in [0.05, 0.1) is 11.4 Å². The van der Waals surface area contributed by atoms with Crippen LogP contribution in [0.3, 0.4) is 0 Å². The monoisotopic (exact) mass is 674 g/mol. The van der Waals surface area contributed by atoms with E-state index in [1.807, 2.05) is 86.6 Å². The number of hydrogen-bond acceptors (Lipinski definition) is 8. The highest BCUT2D eigenvalue weighted by Crippen LogP contribution is 2.23. The fourth-order valence-corrected chi connectivity index (χ4v) is 5.14. The third-order valence-corrected chi connectivity index (χ3v) is 8.00. The van der Waals surface area contributed by atoms with E-state index in [0.29, 0.717) is 55.0 Å². The number of benzene rings is 4. The van der Waals surface area contributed by atoms with Crippen LogP contribution in [0.25, 0.3) is 0 Å². The number of isocyanates is 2. The SMILES string of the molecule is CC(C)(CCCCOC(C)(C)C(=O)Nc1ccc(Cc2ccc(N=C=O)cc2)cc1)OC(=O)Nc1ccc(Cc2ccc(N=C=O)cc2)cc1. The predicted octanol–water partition coefficient (Wildman–Crippen LogP) is 8.73. The number of amides is 2. The lowest BCUT2D eigenvalue weighted by atomic mass is 10.0. The van der Waals surface area contributed by atoms with Crippen molar-refractivity contribution in [2.24, 2.45) is 9.98 Å². The summed E-state index contributed by atoms with van der Waals surface area (Å²) >= 11 is 0. The number of nitrogens with one attached hydrogen (secondary N) is 2. The summed E-state index contributed by atoms with van der Waals surface area (Å²) in [6.07, 6.45) is 5.99. The Morgan fingerprint density at radius 2 is 1.04 bits per heavy atom. The normalized spacial score (nSPS) is 11.1. The molecule has 0 aliphatic heterocycles. The first-order chi connectivity index (χ1) is 23.9. The van der Waals surface area contributed by atoms with E-state index in [4.69, 9.17) is 9.47 Å². The first kappa shape index (κ1) is 37.2. The number of rotatable bonds is 16. The summed E-state index contributed by atoms with van der Waals surface area (Å²) in [5, 5.41) is 5.72. The molecule has 4 aromatic carbocycles. The van der Waals surface area contributed by atoms with Crippen LogP contribution in [0.4, 0.5) is 27.5 Å². The molecule has 2 N–H and O–H groups in total. The van der Waals surface area contributed by atoms with E-state index < -0.39 is 17.3 Å². The molecule has 2 amide bonds. The molecular weight excluding hydrogens is 632 g/mol. The Bertz CT molecular complexity index is 1820. The lowest BCUT2D eigenvalue weighted by Gasteiger charge is -2.26. The van der Waals surface area contributed by atoms with Crippen LogP contribution in [0.5, 0.6) is 0 Å². The van der Waals surface area contributed by atoms with Crippen LogP contribution < -0.4 is 10.6 Å². The quantitative estimate of drug-likeness (QED) is 0.0693. The summed E-state index contributed by atoms with van der Waals surface area (Å²) in [7, 11) is 0. The van der Waals surface area contributed by atoms with Gasteiger partial charge in [-0.2, -0.15) is 9.98 Å². The molecule has 0 aliphatic carbocycles. The van der Waals surface area contributed by atoms with Crippen LogP contribution >= 0.6 is 0 Å². The van der Waals surface area contributed by atoms with Gasteiger partial charge >= 0.3 is 6.09 Å². The van der Waals surface area contributed by atoms with Crippen LogP contribution in [0.15, 0.2) is 107 Å². The molecule has 50 heavy (non-hydrogen) atoms. The lowest BCUT2D eigenvalue weighted by Crippen LogP contribution is -2.40. The average Bonchev–Trinajstić information content (AvgIpc) is 3.08. The van der Waals surface area contributed by atoms with Gasteiger partial charge in [0.15, 0.2) is 0 Å². The number of unbranched alkanes of at least 4 members (excludes halogenated alkanes) is 1. The molecule has 0 bridgehead atoms. The van der Waals surface area contributed by atoms with Gasteiger partial charge in [-0.1, -0.05) is 48.5 Å². The smallest absolute Gasteiger partial charge is 0.412 e. The maximum absolute atomic E-state index is 13.0. The van der Waals surface area contributed by atoms with Gasteiger partial charge < -0.3 is 14.8 Å². The van der Waals surface area contributed by atoms with E-state index in [1.165, 1.54) is 12.2 Å². The second-order valence-electron chi connectivity index (χ2n) is 13.0. The van der Waals surface area contributed by atoms with Gasteiger partial charge in [-0.3, -0.25) is 10.1 Å². The third kappa shape index (κ3) is 12.1. The largest absolute Gasteiger partial charge is 0.443 e. The van der Waals surface area contributed by atoms with Crippen molar-refractivity contribution >= 4 is 46.9 Å². The highest BCUT2D eigenvalue weighted by atomic mass is 16.6. The molecule has 0 atom stereocenters. The molecule has 0 saturated carbocycles. The van der Waals surface area contributed by atoms with Gasteiger partial charge in [0.1, 0.15) is 11.2 Å². The van der Waals surface area contributed by atoms with Crippen molar-refractivity contribution in [2.45, 2.75) is 71.0 Å². The zero-order chi connectivity index (χ0) is 36.0. The number of anilines is 2. The number of carbonyl (C=O) groups excluding carboxylic acids is 4. The fraction of sp³-hybridized carbons (Fsp3) is 0.300. The van der Waals surface area contributed by atoms with E-state index in [1.54, 1.807) is 38.1 Å². The van der Waals surface area contributed by atoms with Gasteiger partial charge in [-0.05, 0) is 131 Å². The maximum atomic E-state index is 13.0. The fourth-order valence-electron chi connectivity index (χ4n) is 5.14. The Hall–Kier alpha value is -5.66. The van der Waals surface area contributed by atoms with E-state index in [2.05, 4.69) is 20.6 Å². The molecule has 0 radical (unpaired) electrons. The van der Waals surface area contributed by atoms with Gasteiger partial charge in [0.2, 0.25) is 12.2 Å². The zero-order valence-electron chi connectivity index (χ0n) is 28.8. The molecule has 0 fully saturated rings. The Morgan fingerprint density at radius 1 is 0.620 bits per heavy atom. The minimum Gasteiger partial charge on any atom is -0.443 e. The number of carbonyl (C=O) groups is 2. The summed E-state index contributed by atoms with van der Waals surface area (Å²) in [5.74, 6) is -0.245. The second kappa shape index (κ2) is 17.7. The first-order valence-electron chi connectivity index (χ1n) is 16.4.